The lowest BCUT2D eigenvalue weighted by Gasteiger charge is -2.15. The van der Waals surface area contributed by atoms with Crippen LogP contribution >= 0.6 is 0 Å². The standard InChI is InChI=1S/C10H15FN2/c1-3-13(2)7-8-9(11)5-4-6-10(8)12/h4-6H,3,7,12H2,1-2H3. The third-order valence-corrected chi connectivity index (χ3v) is 2.12. The van der Waals surface area contributed by atoms with Crippen molar-refractivity contribution >= 4 is 5.69 Å². The molecule has 2 nitrogen and oxygen atoms in total. The largest absolute Gasteiger partial charge is 0.398 e. The Labute approximate surface area is 78.2 Å². The van der Waals surface area contributed by atoms with Crippen molar-refractivity contribution < 1.29 is 4.39 Å². The van der Waals surface area contributed by atoms with E-state index in [4.69, 9.17) is 5.73 Å². The van der Waals surface area contributed by atoms with E-state index in [2.05, 4.69) is 0 Å². The minimum atomic E-state index is -0.222. The molecule has 1 rings (SSSR count). The van der Waals surface area contributed by atoms with Crippen molar-refractivity contribution in [3.05, 3.63) is 29.6 Å². The van der Waals surface area contributed by atoms with Crippen molar-refractivity contribution in [1.82, 2.24) is 4.90 Å². The van der Waals surface area contributed by atoms with Gasteiger partial charge in [-0.25, -0.2) is 4.39 Å². The van der Waals surface area contributed by atoms with Gasteiger partial charge in [0, 0.05) is 17.8 Å². The highest BCUT2D eigenvalue weighted by molar-refractivity contribution is 5.47. The number of nitrogens with zero attached hydrogens (tertiary/aromatic N) is 1. The molecule has 0 heterocycles. The van der Waals surface area contributed by atoms with Crippen LogP contribution in [0.1, 0.15) is 12.5 Å². The number of hydrogen-bond acceptors (Lipinski definition) is 2. The van der Waals surface area contributed by atoms with Gasteiger partial charge in [0.1, 0.15) is 5.82 Å². The molecule has 0 bridgehead atoms. The van der Waals surface area contributed by atoms with Crippen molar-refractivity contribution in [2.24, 2.45) is 0 Å². The summed E-state index contributed by atoms with van der Waals surface area (Å²) in [6.07, 6.45) is 0. The van der Waals surface area contributed by atoms with Crippen LogP contribution in [0.25, 0.3) is 0 Å². The maximum absolute atomic E-state index is 13.2. The zero-order valence-corrected chi connectivity index (χ0v) is 8.05. The highest BCUT2D eigenvalue weighted by Gasteiger charge is 2.07. The van der Waals surface area contributed by atoms with Gasteiger partial charge in [-0.3, -0.25) is 0 Å². The number of anilines is 1. The molecule has 0 amide bonds. The van der Waals surface area contributed by atoms with Crippen LogP contribution in [0.5, 0.6) is 0 Å². The number of hydrogen-bond donors (Lipinski definition) is 1. The highest BCUT2D eigenvalue weighted by atomic mass is 19.1. The SMILES string of the molecule is CCN(C)Cc1c(N)cccc1F. The molecule has 0 atom stereocenters. The molecule has 13 heavy (non-hydrogen) atoms. The van der Waals surface area contributed by atoms with Crippen molar-refractivity contribution in [3.8, 4) is 0 Å². The third kappa shape index (κ3) is 2.42. The van der Waals surface area contributed by atoms with Crippen LogP contribution in [0, 0.1) is 5.82 Å². The zero-order valence-electron chi connectivity index (χ0n) is 8.05. The Balaban J connectivity index is 2.87. The van der Waals surface area contributed by atoms with E-state index in [1.807, 2.05) is 18.9 Å². The Morgan fingerprint density at radius 1 is 1.46 bits per heavy atom. The predicted octanol–water partition coefficient (Wildman–Crippen LogP) is 1.86. The topological polar surface area (TPSA) is 29.3 Å². The third-order valence-electron chi connectivity index (χ3n) is 2.12. The summed E-state index contributed by atoms with van der Waals surface area (Å²) < 4.78 is 13.2. The molecule has 0 saturated heterocycles. The molecule has 3 heteroatoms. The van der Waals surface area contributed by atoms with E-state index in [9.17, 15) is 4.39 Å². The van der Waals surface area contributed by atoms with Crippen LogP contribution in [-0.4, -0.2) is 18.5 Å². The second-order valence-corrected chi connectivity index (χ2v) is 3.14. The quantitative estimate of drug-likeness (QED) is 0.723. The van der Waals surface area contributed by atoms with E-state index in [1.54, 1.807) is 12.1 Å². The molecular formula is C10H15FN2. The molecule has 0 radical (unpaired) electrons. The molecule has 2 N–H and O–H groups in total. The van der Waals surface area contributed by atoms with Crippen molar-refractivity contribution in [2.45, 2.75) is 13.5 Å². The fourth-order valence-electron chi connectivity index (χ4n) is 1.12. The van der Waals surface area contributed by atoms with Gasteiger partial charge in [0.2, 0.25) is 0 Å². The Bertz CT molecular complexity index is 266. The van der Waals surface area contributed by atoms with E-state index < -0.39 is 0 Å². The number of benzene rings is 1. The molecule has 0 aliphatic heterocycles. The maximum Gasteiger partial charge on any atom is 0.129 e. The van der Waals surface area contributed by atoms with Gasteiger partial charge in [0.25, 0.3) is 0 Å². The lowest BCUT2D eigenvalue weighted by Crippen LogP contribution is -2.18. The maximum atomic E-state index is 13.2. The molecule has 0 aliphatic carbocycles. The van der Waals surface area contributed by atoms with Gasteiger partial charge in [-0.05, 0) is 25.7 Å². The van der Waals surface area contributed by atoms with Gasteiger partial charge in [0.15, 0.2) is 0 Å². The number of halogens is 1. The van der Waals surface area contributed by atoms with Gasteiger partial charge >= 0.3 is 0 Å². The second-order valence-electron chi connectivity index (χ2n) is 3.14. The van der Waals surface area contributed by atoms with Gasteiger partial charge < -0.3 is 10.6 Å². The summed E-state index contributed by atoms with van der Waals surface area (Å²) in [5.74, 6) is -0.222. The van der Waals surface area contributed by atoms with Crippen molar-refractivity contribution in [2.75, 3.05) is 19.3 Å². The molecular weight excluding hydrogens is 167 g/mol. The smallest absolute Gasteiger partial charge is 0.129 e. The Morgan fingerprint density at radius 2 is 2.15 bits per heavy atom. The average Bonchev–Trinajstić information content (AvgIpc) is 2.11. The second kappa shape index (κ2) is 4.23. The van der Waals surface area contributed by atoms with Crippen LogP contribution in [0.2, 0.25) is 0 Å². The molecule has 1 aromatic carbocycles. The summed E-state index contributed by atoms with van der Waals surface area (Å²) in [6.45, 7) is 3.47. The van der Waals surface area contributed by atoms with Crippen molar-refractivity contribution in [1.29, 1.82) is 0 Å². The molecule has 1 aromatic rings. The average molecular weight is 182 g/mol. The van der Waals surface area contributed by atoms with E-state index >= 15 is 0 Å². The molecule has 0 aliphatic rings. The molecule has 0 unspecified atom stereocenters. The summed E-state index contributed by atoms with van der Waals surface area (Å²) in [6, 6.07) is 4.79. The summed E-state index contributed by atoms with van der Waals surface area (Å²) >= 11 is 0. The molecule has 0 fully saturated rings. The molecule has 0 saturated carbocycles. The van der Waals surface area contributed by atoms with Crippen LogP contribution in [0.3, 0.4) is 0 Å². The van der Waals surface area contributed by atoms with Crippen LogP contribution in [0.4, 0.5) is 10.1 Å². The first-order valence-electron chi connectivity index (χ1n) is 4.36. The summed E-state index contributed by atoms with van der Waals surface area (Å²) in [5, 5.41) is 0. The normalized spacial score (nSPS) is 10.8. The van der Waals surface area contributed by atoms with E-state index in [0.29, 0.717) is 17.8 Å². The Hall–Kier alpha value is -1.09. The summed E-state index contributed by atoms with van der Waals surface area (Å²) in [5.41, 5.74) is 6.78. The van der Waals surface area contributed by atoms with E-state index in [1.165, 1.54) is 6.07 Å². The predicted molar refractivity (Wildman–Crippen MR) is 52.8 cm³/mol. The number of nitrogen functional groups attached to an aromatic ring is 1. The fraction of sp³-hybridized carbons (Fsp3) is 0.400. The lowest BCUT2D eigenvalue weighted by molar-refractivity contribution is 0.340. The van der Waals surface area contributed by atoms with Gasteiger partial charge in [-0.1, -0.05) is 13.0 Å². The molecule has 0 aromatic heterocycles. The first-order chi connectivity index (χ1) is 6.15. The van der Waals surface area contributed by atoms with Gasteiger partial charge in [0.05, 0.1) is 0 Å². The molecule has 72 valence electrons. The van der Waals surface area contributed by atoms with Gasteiger partial charge in [-0.2, -0.15) is 0 Å². The summed E-state index contributed by atoms with van der Waals surface area (Å²) in [7, 11) is 1.94. The number of nitrogens with two attached hydrogens (primary N) is 1. The highest BCUT2D eigenvalue weighted by Crippen LogP contribution is 2.16. The first-order valence-corrected chi connectivity index (χ1v) is 4.36. The van der Waals surface area contributed by atoms with Crippen LogP contribution < -0.4 is 5.73 Å². The molecule has 0 spiro atoms. The fourth-order valence-corrected chi connectivity index (χ4v) is 1.12. The summed E-state index contributed by atoms with van der Waals surface area (Å²) in [4.78, 5) is 2.01. The monoisotopic (exact) mass is 182 g/mol. The van der Waals surface area contributed by atoms with E-state index in [-0.39, 0.29) is 5.82 Å². The van der Waals surface area contributed by atoms with Gasteiger partial charge in [-0.15, -0.1) is 0 Å². The van der Waals surface area contributed by atoms with Crippen LogP contribution in [0.15, 0.2) is 18.2 Å². The van der Waals surface area contributed by atoms with Crippen molar-refractivity contribution in [3.63, 3.8) is 0 Å². The van der Waals surface area contributed by atoms with E-state index in [0.717, 1.165) is 6.54 Å². The Kier molecular flexibility index (Phi) is 3.25. The minimum absolute atomic E-state index is 0.222. The lowest BCUT2D eigenvalue weighted by atomic mass is 10.1. The number of rotatable bonds is 3. The zero-order chi connectivity index (χ0) is 9.84. The Morgan fingerprint density at radius 3 is 2.69 bits per heavy atom. The minimum Gasteiger partial charge on any atom is -0.398 e. The first kappa shape index (κ1) is 9.99. The van der Waals surface area contributed by atoms with Crippen LogP contribution in [-0.2, 0) is 6.54 Å².